The Morgan fingerprint density at radius 2 is 2.12 bits per heavy atom. The van der Waals surface area contributed by atoms with E-state index in [2.05, 4.69) is 27.4 Å². The second kappa shape index (κ2) is 8.98. The lowest BCUT2D eigenvalue weighted by Gasteiger charge is -2.37. The minimum absolute atomic E-state index is 0.0517. The number of benzene rings is 2. The molecule has 0 bridgehead atoms. The average molecular weight is 440 g/mol. The largest absolute Gasteiger partial charge is 0.404 e. The van der Waals surface area contributed by atoms with E-state index in [9.17, 15) is 13.6 Å². The Balaban J connectivity index is 1.88. The summed E-state index contributed by atoms with van der Waals surface area (Å²) in [6, 6.07) is 9.06. The molecule has 0 saturated heterocycles. The molecule has 2 aromatic carbocycles. The molecule has 0 unspecified atom stereocenters. The predicted molar refractivity (Wildman–Crippen MR) is 126 cm³/mol. The number of nitrogens with two attached hydrogens (primary N) is 1. The molecule has 0 radical (unpaired) electrons. The Morgan fingerprint density at radius 1 is 1.31 bits per heavy atom. The number of halogens is 2. The highest BCUT2D eigenvalue weighted by molar-refractivity contribution is 6.10. The molecule has 0 aliphatic carbocycles. The summed E-state index contributed by atoms with van der Waals surface area (Å²) in [6.45, 7) is 3.33. The molecule has 8 heteroatoms. The first-order valence-electron chi connectivity index (χ1n) is 10.7. The van der Waals surface area contributed by atoms with Gasteiger partial charge in [0.25, 0.3) is 6.43 Å². The van der Waals surface area contributed by atoms with Crippen molar-refractivity contribution in [3.63, 3.8) is 0 Å². The van der Waals surface area contributed by atoms with Crippen LogP contribution in [0, 0.1) is 5.92 Å². The summed E-state index contributed by atoms with van der Waals surface area (Å²) < 4.78 is 28.2. The number of rotatable bonds is 4. The van der Waals surface area contributed by atoms with Crippen LogP contribution in [0.5, 0.6) is 0 Å². The molecule has 32 heavy (non-hydrogen) atoms. The Bertz CT molecular complexity index is 1100. The highest BCUT2D eigenvalue weighted by Gasteiger charge is 2.29. The Hall–Kier alpha value is -3.42. The summed E-state index contributed by atoms with van der Waals surface area (Å²) in [4.78, 5) is 18.0. The summed E-state index contributed by atoms with van der Waals surface area (Å²) in [5.74, 6) is 0.248. The van der Waals surface area contributed by atoms with Gasteiger partial charge in [-0.3, -0.25) is 9.79 Å². The summed E-state index contributed by atoms with van der Waals surface area (Å²) in [6.07, 6.45) is 1.29. The summed E-state index contributed by atoms with van der Waals surface area (Å²) >= 11 is 0. The van der Waals surface area contributed by atoms with Crippen LogP contribution in [0.15, 0.2) is 41.5 Å². The van der Waals surface area contributed by atoms with E-state index in [1.54, 1.807) is 13.1 Å². The number of allylic oxidation sites excluding steroid dienone is 1. The zero-order valence-electron chi connectivity index (χ0n) is 18.2. The molecule has 0 aromatic heterocycles. The topological polar surface area (TPSA) is 82.8 Å². The van der Waals surface area contributed by atoms with Gasteiger partial charge in [-0.25, -0.2) is 8.78 Å². The van der Waals surface area contributed by atoms with Gasteiger partial charge in [0.15, 0.2) is 0 Å². The maximum absolute atomic E-state index is 14.1. The number of para-hydroxylation sites is 1. The lowest BCUT2D eigenvalue weighted by Crippen LogP contribution is -2.31. The maximum Gasteiger partial charge on any atom is 0.264 e. The Morgan fingerprint density at radius 3 is 2.84 bits per heavy atom. The van der Waals surface area contributed by atoms with E-state index in [0.29, 0.717) is 42.3 Å². The zero-order chi connectivity index (χ0) is 22.8. The third-order valence-electron chi connectivity index (χ3n) is 5.86. The van der Waals surface area contributed by atoms with Crippen LogP contribution in [0.25, 0.3) is 5.57 Å². The first-order chi connectivity index (χ1) is 15.4. The van der Waals surface area contributed by atoms with E-state index in [1.165, 1.54) is 12.4 Å². The second-order valence-electron chi connectivity index (χ2n) is 8.22. The number of nitrogens with one attached hydrogen (secondary N) is 2. The highest BCUT2D eigenvalue weighted by atomic mass is 19.3. The van der Waals surface area contributed by atoms with Crippen LogP contribution in [0.2, 0.25) is 0 Å². The molecule has 1 atom stereocenters. The molecule has 6 nitrogen and oxygen atoms in total. The fraction of sp³-hybridized carbons (Fsp3) is 0.333. The van der Waals surface area contributed by atoms with E-state index in [4.69, 9.17) is 5.73 Å². The molecule has 2 heterocycles. The number of alkyl halides is 2. The third-order valence-corrected chi connectivity index (χ3v) is 5.86. The van der Waals surface area contributed by atoms with Crippen molar-refractivity contribution in [1.29, 1.82) is 0 Å². The molecule has 0 saturated carbocycles. The van der Waals surface area contributed by atoms with Crippen molar-refractivity contribution in [2.45, 2.75) is 26.2 Å². The normalized spacial score (nSPS) is 18.8. The monoisotopic (exact) mass is 439 g/mol. The van der Waals surface area contributed by atoms with Gasteiger partial charge in [-0.1, -0.05) is 13.0 Å². The van der Waals surface area contributed by atoms with Crippen LogP contribution in [0.1, 0.15) is 36.5 Å². The van der Waals surface area contributed by atoms with Crippen molar-refractivity contribution >= 4 is 40.4 Å². The van der Waals surface area contributed by atoms with Crippen LogP contribution in [-0.4, -0.2) is 32.3 Å². The number of carbonyl (C=O) groups excluding carboxylic acids is 1. The van der Waals surface area contributed by atoms with Gasteiger partial charge in [0.1, 0.15) is 0 Å². The molecule has 2 aromatic rings. The average Bonchev–Trinajstić information content (AvgIpc) is 2.96. The van der Waals surface area contributed by atoms with Crippen molar-refractivity contribution in [3.05, 3.63) is 53.2 Å². The summed E-state index contributed by atoms with van der Waals surface area (Å²) in [7, 11) is 1.58. The molecule has 168 valence electrons. The van der Waals surface area contributed by atoms with E-state index in [1.807, 2.05) is 24.3 Å². The van der Waals surface area contributed by atoms with Gasteiger partial charge in [-0.05, 0) is 47.7 Å². The number of amides is 1. The van der Waals surface area contributed by atoms with Crippen molar-refractivity contribution < 1.29 is 13.6 Å². The van der Waals surface area contributed by atoms with Gasteiger partial charge in [0, 0.05) is 55.8 Å². The number of carbonyl (C=O) groups is 1. The van der Waals surface area contributed by atoms with E-state index < -0.39 is 6.43 Å². The summed E-state index contributed by atoms with van der Waals surface area (Å²) in [5, 5.41) is 6.27. The smallest absolute Gasteiger partial charge is 0.264 e. The molecule has 1 amide bonds. The highest BCUT2D eigenvalue weighted by Crippen LogP contribution is 2.44. The van der Waals surface area contributed by atoms with Gasteiger partial charge in [0.05, 0.1) is 17.1 Å². The lowest BCUT2D eigenvalue weighted by atomic mass is 9.88. The van der Waals surface area contributed by atoms with Crippen LogP contribution < -0.4 is 21.3 Å². The Labute approximate surface area is 186 Å². The van der Waals surface area contributed by atoms with E-state index >= 15 is 0 Å². The minimum Gasteiger partial charge on any atom is -0.404 e. The predicted octanol–water partition coefficient (Wildman–Crippen LogP) is 4.71. The number of hydrogen-bond acceptors (Lipinski definition) is 5. The number of nitrogens with zero attached hydrogens (tertiary/aromatic N) is 2. The molecule has 2 aliphatic rings. The van der Waals surface area contributed by atoms with Crippen molar-refractivity contribution in [1.82, 2.24) is 0 Å². The van der Waals surface area contributed by atoms with Gasteiger partial charge in [-0.2, -0.15) is 0 Å². The molecule has 2 aliphatic heterocycles. The van der Waals surface area contributed by atoms with Crippen molar-refractivity contribution in [3.8, 4) is 0 Å². The standard InChI is InChI=1S/C24H27F2N5O/c1-14-8-15-9-17(16(11-27)12-28-2)18(24(25)26)10-21(15)31(13-14)20-5-3-4-19-23(20)29-7-6-22(32)30-19/h3-5,9-12,14,24,29H,6-8,13,27H2,1-2H3,(H,30,32)/t14-/m1/s1. The van der Waals surface area contributed by atoms with E-state index in [0.717, 1.165) is 29.0 Å². The lowest BCUT2D eigenvalue weighted by molar-refractivity contribution is -0.115. The van der Waals surface area contributed by atoms with Gasteiger partial charge < -0.3 is 21.3 Å². The van der Waals surface area contributed by atoms with E-state index in [-0.39, 0.29) is 11.5 Å². The minimum atomic E-state index is -2.66. The first kappa shape index (κ1) is 21.8. The number of anilines is 4. The molecular weight excluding hydrogens is 412 g/mol. The zero-order valence-corrected chi connectivity index (χ0v) is 18.2. The maximum atomic E-state index is 14.1. The molecule has 0 spiro atoms. The SMILES string of the molecule is CN=CC(=CN)c1cc2c(cc1C(F)F)N(c1cccc3c1NCCC(=O)N3)C[C@H](C)C2. The quantitative estimate of drug-likeness (QED) is 0.603. The van der Waals surface area contributed by atoms with Gasteiger partial charge in [-0.15, -0.1) is 0 Å². The van der Waals surface area contributed by atoms with Crippen LogP contribution >= 0.6 is 0 Å². The third kappa shape index (κ3) is 4.04. The van der Waals surface area contributed by atoms with Crippen LogP contribution in [0.4, 0.5) is 31.5 Å². The van der Waals surface area contributed by atoms with Gasteiger partial charge >= 0.3 is 0 Å². The molecule has 4 N–H and O–H groups in total. The molecule has 4 rings (SSSR count). The molecular formula is C24H27F2N5O. The van der Waals surface area contributed by atoms with Crippen LogP contribution in [0.3, 0.4) is 0 Å². The molecule has 0 fully saturated rings. The number of fused-ring (bicyclic) bond motifs is 2. The second-order valence-corrected chi connectivity index (χ2v) is 8.22. The van der Waals surface area contributed by atoms with Crippen molar-refractivity contribution in [2.75, 3.05) is 35.7 Å². The van der Waals surface area contributed by atoms with Crippen LogP contribution in [-0.2, 0) is 11.2 Å². The van der Waals surface area contributed by atoms with Gasteiger partial charge in [0.2, 0.25) is 5.91 Å². The fourth-order valence-corrected chi connectivity index (χ4v) is 4.48. The Kier molecular flexibility index (Phi) is 6.12. The summed E-state index contributed by atoms with van der Waals surface area (Å²) in [5.41, 5.74) is 10.6. The number of aliphatic imine (C=N–C) groups is 1. The fourth-order valence-electron chi connectivity index (χ4n) is 4.48. The van der Waals surface area contributed by atoms with Crippen molar-refractivity contribution in [2.24, 2.45) is 16.6 Å². The first-order valence-corrected chi connectivity index (χ1v) is 10.7. The number of hydrogen-bond donors (Lipinski definition) is 3.